The van der Waals surface area contributed by atoms with Gasteiger partial charge in [0.2, 0.25) is 0 Å². The lowest BCUT2D eigenvalue weighted by Gasteiger charge is -2.22. The van der Waals surface area contributed by atoms with Gasteiger partial charge in [0, 0.05) is 11.1 Å². The van der Waals surface area contributed by atoms with Crippen LogP contribution in [0, 0.1) is 23.4 Å². The number of hydrogen-bond donors (Lipinski definition) is 0. The first kappa shape index (κ1) is 31.1. The molecule has 1 atom stereocenters. The third-order valence-corrected chi connectivity index (χ3v) is 8.79. The molecule has 0 nitrogen and oxygen atoms in total. The summed E-state index contributed by atoms with van der Waals surface area (Å²) in [6.45, 7) is 4.41. The molecule has 0 N–H and O–H groups in total. The minimum atomic E-state index is -0.793. The van der Waals surface area contributed by atoms with E-state index in [1.54, 1.807) is 30.3 Å². The topological polar surface area (TPSA) is 0 Å². The van der Waals surface area contributed by atoms with Crippen LogP contribution < -0.4 is 0 Å². The molecule has 0 aromatic heterocycles. The summed E-state index contributed by atoms with van der Waals surface area (Å²) in [6.07, 6.45) is 19.2. The van der Waals surface area contributed by atoms with Gasteiger partial charge in [-0.05, 0) is 71.9 Å². The van der Waals surface area contributed by atoms with E-state index in [-0.39, 0.29) is 11.4 Å². The van der Waals surface area contributed by atoms with Crippen LogP contribution in [0.3, 0.4) is 0 Å². The van der Waals surface area contributed by atoms with Gasteiger partial charge in [-0.25, -0.2) is 13.2 Å². The molecule has 0 saturated carbocycles. The summed E-state index contributed by atoms with van der Waals surface area (Å²) >= 11 is 0. The highest BCUT2D eigenvalue weighted by molar-refractivity contribution is 5.74. The molecule has 3 heteroatoms. The van der Waals surface area contributed by atoms with E-state index in [0.717, 1.165) is 67.6 Å². The van der Waals surface area contributed by atoms with E-state index in [1.165, 1.54) is 44.9 Å². The third-order valence-electron chi connectivity index (χ3n) is 8.79. The molecule has 0 bridgehead atoms. The molecular weight excluding hydrogens is 513 g/mol. The first-order valence-corrected chi connectivity index (χ1v) is 16.1. The maximum absolute atomic E-state index is 15.2. The smallest absolute Gasteiger partial charge is 0.166 e. The molecule has 220 valence electrons. The Hall–Kier alpha value is -2.81. The fourth-order valence-electron chi connectivity index (χ4n) is 6.15. The first-order valence-electron chi connectivity index (χ1n) is 16.1. The summed E-state index contributed by atoms with van der Waals surface area (Å²) in [5, 5.41) is 0. The largest absolute Gasteiger partial charge is 0.206 e. The maximum atomic E-state index is 15.2. The van der Waals surface area contributed by atoms with E-state index in [2.05, 4.69) is 19.9 Å². The quantitative estimate of drug-likeness (QED) is 0.162. The van der Waals surface area contributed by atoms with Gasteiger partial charge in [0.1, 0.15) is 5.82 Å². The van der Waals surface area contributed by atoms with Gasteiger partial charge in [0.15, 0.2) is 11.6 Å². The fraction of sp³-hybridized carbons (Fsp3) is 0.474. The van der Waals surface area contributed by atoms with E-state index in [9.17, 15) is 8.78 Å². The Morgan fingerprint density at radius 3 is 1.93 bits per heavy atom. The van der Waals surface area contributed by atoms with E-state index >= 15 is 4.39 Å². The molecular formula is C38H47F3. The Labute approximate surface area is 246 Å². The van der Waals surface area contributed by atoms with Gasteiger partial charge in [-0.1, -0.05) is 133 Å². The van der Waals surface area contributed by atoms with Crippen LogP contribution in [-0.2, 0) is 6.42 Å². The van der Waals surface area contributed by atoms with Crippen molar-refractivity contribution in [2.75, 3.05) is 0 Å². The van der Waals surface area contributed by atoms with Crippen molar-refractivity contribution in [2.24, 2.45) is 5.92 Å². The van der Waals surface area contributed by atoms with E-state index in [4.69, 9.17) is 0 Å². The van der Waals surface area contributed by atoms with Gasteiger partial charge in [-0.2, -0.15) is 0 Å². The third kappa shape index (κ3) is 8.60. The van der Waals surface area contributed by atoms with Gasteiger partial charge >= 0.3 is 0 Å². The monoisotopic (exact) mass is 560 g/mol. The molecule has 0 amide bonds. The summed E-state index contributed by atoms with van der Waals surface area (Å²) in [6, 6.07) is 16.1. The van der Waals surface area contributed by atoms with Crippen LogP contribution in [0.1, 0.15) is 115 Å². The summed E-state index contributed by atoms with van der Waals surface area (Å²) in [7, 11) is 0. The number of hydrogen-bond acceptors (Lipinski definition) is 0. The number of aryl methyl sites for hydroxylation is 1. The zero-order valence-corrected chi connectivity index (χ0v) is 25.1. The normalized spacial score (nSPS) is 15.2. The predicted octanol–water partition coefficient (Wildman–Crippen LogP) is 12.5. The molecule has 1 aliphatic carbocycles. The Balaban J connectivity index is 1.37. The zero-order chi connectivity index (χ0) is 29.0. The summed E-state index contributed by atoms with van der Waals surface area (Å²) in [4.78, 5) is 0. The molecule has 0 spiro atoms. The highest BCUT2D eigenvalue weighted by Crippen LogP contribution is 2.36. The molecule has 1 unspecified atom stereocenters. The Kier molecular flexibility index (Phi) is 12.1. The fourth-order valence-corrected chi connectivity index (χ4v) is 6.15. The van der Waals surface area contributed by atoms with Crippen LogP contribution in [-0.4, -0.2) is 0 Å². The van der Waals surface area contributed by atoms with E-state index in [1.807, 2.05) is 24.3 Å². The van der Waals surface area contributed by atoms with Crippen LogP contribution in [0.25, 0.3) is 27.8 Å². The number of benzene rings is 3. The highest BCUT2D eigenvalue weighted by Gasteiger charge is 2.18. The van der Waals surface area contributed by atoms with Crippen molar-refractivity contribution in [1.82, 2.24) is 0 Å². The number of unbranched alkanes of at least 4 members (excludes halogenated alkanes) is 8. The number of halogens is 3. The molecule has 0 saturated heterocycles. The molecule has 1 aliphatic rings. The molecule has 41 heavy (non-hydrogen) atoms. The van der Waals surface area contributed by atoms with Crippen molar-refractivity contribution >= 4 is 5.57 Å². The second-order valence-corrected chi connectivity index (χ2v) is 11.9. The molecule has 0 radical (unpaired) electrons. The predicted molar refractivity (Wildman–Crippen MR) is 168 cm³/mol. The van der Waals surface area contributed by atoms with Crippen molar-refractivity contribution in [3.8, 4) is 22.3 Å². The minimum Gasteiger partial charge on any atom is -0.206 e. The average molecular weight is 561 g/mol. The Morgan fingerprint density at radius 1 is 0.634 bits per heavy atom. The van der Waals surface area contributed by atoms with Crippen molar-refractivity contribution in [2.45, 2.75) is 110 Å². The zero-order valence-electron chi connectivity index (χ0n) is 25.1. The molecule has 0 heterocycles. The standard InChI is InChI=1S/C38H47F3/c1-3-5-7-9-11-13-28-15-17-30(18-16-28)34-25-24-33(27-36(34)39)29-19-21-31(22-20-29)35-26-23-32(37(40)38(35)41)14-12-10-8-6-4-2/h17,19-28H,3-16,18H2,1-2H3. The van der Waals surface area contributed by atoms with Crippen molar-refractivity contribution in [3.05, 3.63) is 89.3 Å². The van der Waals surface area contributed by atoms with Crippen molar-refractivity contribution in [3.63, 3.8) is 0 Å². The highest BCUT2D eigenvalue weighted by atomic mass is 19.2. The maximum Gasteiger partial charge on any atom is 0.166 e. The number of allylic oxidation sites excluding steroid dienone is 2. The first-order chi connectivity index (χ1) is 20.0. The van der Waals surface area contributed by atoms with Gasteiger partial charge in [-0.15, -0.1) is 0 Å². The number of rotatable bonds is 15. The summed E-state index contributed by atoms with van der Waals surface area (Å²) in [5.41, 5.74) is 4.77. The van der Waals surface area contributed by atoms with Crippen LogP contribution in [0.15, 0.2) is 60.7 Å². The van der Waals surface area contributed by atoms with Crippen LogP contribution in [0.4, 0.5) is 13.2 Å². The Bertz CT molecular complexity index is 1270. The van der Waals surface area contributed by atoms with Gasteiger partial charge in [0.25, 0.3) is 0 Å². The second-order valence-electron chi connectivity index (χ2n) is 11.9. The summed E-state index contributed by atoms with van der Waals surface area (Å²) in [5.74, 6) is -1.01. The average Bonchev–Trinajstić information content (AvgIpc) is 2.99. The van der Waals surface area contributed by atoms with E-state index < -0.39 is 11.6 Å². The van der Waals surface area contributed by atoms with Gasteiger partial charge < -0.3 is 0 Å². The SMILES string of the molecule is CCCCCCCc1ccc(-c2ccc(-c3ccc(C4=CCC(CCCCCCC)CC4)c(F)c3)cc2)c(F)c1F. The van der Waals surface area contributed by atoms with Crippen molar-refractivity contribution < 1.29 is 13.2 Å². The molecule has 4 rings (SSSR count). The lowest BCUT2D eigenvalue weighted by atomic mass is 9.83. The van der Waals surface area contributed by atoms with Gasteiger partial charge in [0.05, 0.1) is 0 Å². The summed E-state index contributed by atoms with van der Waals surface area (Å²) < 4.78 is 45.0. The van der Waals surface area contributed by atoms with Gasteiger partial charge in [-0.3, -0.25) is 0 Å². The lowest BCUT2D eigenvalue weighted by Crippen LogP contribution is -2.06. The molecule has 0 aliphatic heterocycles. The molecule has 3 aromatic rings. The van der Waals surface area contributed by atoms with Crippen LogP contribution >= 0.6 is 0 Å². The minimum absolute atomic E-state index is 0.200. The van der Waals surface area contributed by atoms with Crippen LogP contribution in [0.5, 0.6) is 0 Å². The molecule has 0 fully saturated rings. The molecule has 3 aromatic carbocycles. The van der Waals surface area contributed by atoms with Crippen molar-refractivity contribution in [1.29, 1.82) is 0 Å². The Morgan fingerprint density at radius 2 is 1.27 bits per heavy atom. The second kappa shape index (κ2) is 16.0. The lowest BCUT2D eigenvalue weighted by molar-refractivity contribution is 0.423. The van der Waals surface area contributed by atoms with E-state index in [0.29, 0.717) is 23.1 Å². The van der Waals surface area contributed by atoms with Crippen LogP contribution in [0.2, 0.25) is 0 Å².